The summed E-state index contributed by atoms with van der Waals surface area (Å²) in [4.78, 5) is 18.6. The van der Waals surface area contributed by atoms with Crippen LogP contribution in [0.5, 0.6) is 5.75 Å². The minimum Gasteiger partial charge on any atom is -0.497 e. The Morgan fingerprint density at radius 3 is 2.58 bits per heavy atom. The van der Waals surface area contributed by atoms with E-state index < -0.39 is 0 Å². The standard InChI is InChI=1S/C19H16ClN3O3/c1-25-16-8-6-15(7-9-16)23-11-13(10-17(23)24)19-21-18(22-26-19)12-2-4-14(20)5-3-12/h2-9,13H,10-11H2,1H3/t13-/m0/s1. The number of amides is 1. The lowest BCUT2D eigenvalue weighted by atomic mass is 10.1. The van der Waals surface area contributed by atoms with Gasteiger partial charge in [0.05, 0.1) is 13.0 Å². The third-order valence-corrected chi connectivity index (χ3v) is 4.65. The number of hydrogen-bond donors (Lipinski definition) is 0. The number of nitrogens with zero attached hydrogens (tertiary/aromatic N) is 3. The van der Waals surface area contributed by atoms with Gasteiger partial charge in [0.25, 0.3) is 0 Å². The van der Waals surface area contributed by atoms with Crippen LogP contribution in [0, 0.1) is 0 Å². The van der Waals surface area contributed by atoms with Crippen LogP contribution in [0.1, 0.15) is 18.2 Å². The van der Waals surface area contributed by atoms with E-state index in [2.05, 4.69) is 10.1 Å². The molecule has 0 aliphatic carbocycles. The van der Waals surface area contributed by atoms with Crippen LogP contribution in [0.25, 0.3) is 11.4 Å². The van der Waals surface area contributed by atoms with Crippen LogP contribution >= 0.6 is 11.6 Å². The number of methoxy groups -OCH3 is 1. The molecule has 1 aliphatic rings. The zero-order valence-electron chi connectivity index (χ0n) is 14.1. The smallest absolute Gasteiger partial charge is 0.232 e. The molecule has 0 saturated carbocycles. The Morgan fingerprint density at radius 2 is 1.88 bits per heavy atom. The third-order valence-electron chi connectivity index (χ3n) is 4.40. The molecule has 7 heteroatoms. The van der Waals surface area contributed by atoms with E-state index in [1.165, 1.54) is 0 Å². The molecular weight excluding hydrogens is 354 g/mol. The van der Waals surface area contributed by atoms with E-state index >= 15 is 0 Å². The molecule has 132 valence electrons. The van der Waals surface area contributed by atoms with Gasteiger partial charge >= 0.3 is 0 Å². The van der Waals surface area contributed by atoms with Crippen molar-refractivity contribution in [1.82, 2.24) is 10.1 Å². The highest BCUT2D eigenvalue weighted by Crippen LogP contribution is 2.32. The second-order valence-electron chi connectivity index (χ2n) is 6.07. The molecule has 1 fully saturated rings. The second-order valence-corrected chi connectivity index (χ2v) is 6.50. The third kappa shape index (κ3) is 3.15. The van der Waals surface area contributed by atoms with Gasteiger partial charge in [0.1, 0.15) is 5.75 Å². The summed E-state index contributed by atoms with van der Waals surface area (Å²) in [5, 5.41) is 4.68. The maximum absolute atomic E-state index is 12.4. The van der Waals surface area contributed by atoms with Crippen LogP contribution in [0.4, 0.5) is 5.69 Å². The van der Waals surface area contributed by atoms with Crippen molar-refractivity contribution in [2.75, 3.05) is 18.6 Å². The molecule has 26 heavy (non-hydrogen) atoms. The molecule has 0 spiro atoms. The lowest BCUT2D eigenvalue weighted by Crippen LogP contribution is -2.24. The highest BCUT2D eigenvalue weighted by molar-refractivity contribution is 6.30. The number of hydrogen-bond acceptors (Lipinski definition) is 5. The normalized spacial score (nSPS) is 16.9. The number of carbonyl (C=O) groups excluding carboxylic acids is 1. The molecule has 6 nitrogen and oxygen atoms in total. The van der Waals surface area contributed by atoms with Crippen LogP contribution < -0.4 is 9.64 Å². The largest absolute Gasteiger partial charge is 0.497 e. The van der Waals surface area contributed by atoms with Gasteiger partial charge in [-0.3, -0.25) is 4.79 Å². The van der Waals surface area contributed by atoms with Crippen molar-refractivity contribution in [1.29, 1.82) is 0 Å². The Bertz CT molecular complexity index is 922. The van der Waals surface area contributed by atoms with Gasteiger partial charge < -0.3 is 14.2 Å². The minimum absolute atomic E-state index is 0.0337. The quantitative estimate of drug-likeness (QED) is 0.697. The van der Waals surface area contributed by atoms with Crippen LogP contribution in [0.15, 0.2) is 53.1 Å². The summed E-state index contributed by atoms with van der Waals surface area (Å²) >= 11 is 5.90. The predicted octanol–water partition coefficient (Wildman–Crippen LogP) is 3.92. The molecule has 1 saturated heterocycles. The van der Waals surface area contributed by atoms with Crippen molar-refractivity contribution in [2.45, 2.75) is 12.3 Å². The van der Waals surface area contributed by atoms with E-state index in [-0.39, 0.29) is 11.8 Å². The molecule has 2 heterocycles. The summed E-state index contributed by atoms with van der Waals surface area (Å²) in [7, 11) is 1.61. The average Bonchev–Trinajstić information content (AvgIpc) is 3.29. The first-order valence-electron chi connectivity index (χ1n) is 8.18. The van der Waals surface area contributed by atoms with E-state index in [0.29, 0.717) is 29.7 Å². The number of aromatic nitrogens is 2. The molecule has 1 atom stereocenters. The second kappa shape index (κ2) is 6.80. The molecule has 0 unspecified atom stereocenters. The van der Waals surface area contributed by atoms with Gasteiger partial charge in [-0.15, -0.1) is 0 Å². The number of anilines is 1. The van der Waals surface area contributed by atoms with Crippen molar-refractivity contribution in [3.63, 3.8) is 0 Å². The number of rotatable bonds is 4. The first-order valence-corrected chi connectivity index (χ1v) is 8.56. The molecule has 1 amide bonds. The number of benzene rings is 2. The summed E-state index contributed by atoms with van der Waals surface area (Å²) in [6, 6.07) is 14.6. The van der Waals surface area contributed by atoms with Crippen molar-refractivity contribution in [2.24, 2.45) is 0 Å². The van der Waals surface area contributed by atoms with Crippen LogP contribution in [-0.4, -0.2) is 29.7 Å². The summed E-state index contributed by atoms with van der Waals surface area (Å²) in [5.74, 6) is 1.62. The zero-order valence-corrected chi connectivity index (χ0v) is 14.8. The Morgan fingerprint density at radius 1 is 1.15 bits per heavy atom. The van der Waals surface area contributed by atoms with Gasteiger partial charge in [-0.05, 0) is 48.5 Å². The van der Waals surface area contributed by atoms with Gasteiger partial charge in [-0.2, -0.15) is 4.98 Å². The molecule has 3 aromatic rings. The molecule has 2 aromatic carbocycles. The topological polar surface area (TPSA) is 68.5 Å². The van der Waals surface area contributed by atoms with Crippen LogP contribution in [0.2, 0.25) is 5.02 Å². The minimum atomic E-state index is -0.127. The SMILES string of the molecule is COc1ccc(N2C[C@@H](c3nc(-c4ccc(Cl)cc4)no3)CC2=O)cc1. The lowest BCUT2D eigenvalue weighted by Gasteiger charge is -2.16. The van der Waals surface area contributed by atoms with Crippen LogP contribution in [-0.2, 0) is 4.79 Å². The predicted molar refractivity (Wildman–Crippen MR) is 97.4 cm³/mol. The molecule has 0 N–H and O–H groups in total. The maximum Gasteiger partial charge on any atom is 0.232 e. The highest BCUT2D eigenvalue weighted by Gasteiger charge is 2.35. The van der Waals surface area contributed by atoms with Crippen molar-refractivity contribution >= 4 is 23.2 Å². The van der Waals surface area contributed by atoms with Gasteiger partial charge in [0.15, 0.2) is 0 Å². The molecule has 4 rings (SSSR count). The number of carbonyl (C=O) groups is 1. The lowest BCUT2D eigenvalue weighted by molar-refractivity contribution is -0.117. The molecular formula is C19H16ClN3O3. The van der Waals surface area contributed by atoms with Crippen molar-refractivity contribution in [3.8, 4) is 17.1 Å². The van der Waals surface area contributed by atoms with Crippen molar-refractivity contribution < 1.29 is 14.1 Å². The van der Waals surface area contributed by atoms with Crippen molar-refractivity contribution in [3.05, 3.63) is 59.4 Å². The van der Waals surface area contributed by atoms with Crippen LogP contribution in [0.3, 0.4) is 0 Å². The van der Waals surface area contributed by atoms with E-state index in [4.69, 9.17) is 20.9 Å². The first kappa shape index (κ1) is 16.6. The number of halogens is 1. The van der Waals surface area contributed by atoms with E-state index in [1.807, 2.05) is 36.4 Å². The molecule has 0 bridgehead atoms. The van der Waals surface area contributed by atoms with Gasteiger partial charge in [0.2, 0.25) is 17.6 Å². The summed E-state index contributed by atoms with van der Waals surface area (Å²) in [6.07, 6.45) is 0.342. The Kier molecular flexibility index (Phi) is 4.34. The molecule has 1 aliphatic heterocycles. The fourth-order valence-corrected chi connectivity index (χ4v) is 3.13. The summed E-state index contributed by atoms with van der Waals surface area (Å²) in [5.41, 5.74) is 1.65. The summed E-state index contributed by atoms with van der Waals surface area (Å²) < 4.78 is 10.6. The zero-order chi connectivity index (χ0) is 18.1. The van der Waals surface area contributed by atoms with E-state index in [0.717, 1.165) is 17.0 Å². The fourth-order valence-electron chi connectivity index (χ4n) is 3.00. The van der Waals surface area contributed by atoms with Gasteiger partial charge in [0, 0.05) is 29.2 Å². The highest BCUT2D eigenvalue weighted by atomic mass is 35.5. The van der Waals surface area contributed by atoms with E-state index in [1.54, 1.807) is 24.1 Å². The average molecular weight is 370 g/mol. The molecule has 1 aromatic heterocycles. The Labute approximate surface area is 155 Å². The summed E-state index contributed by atoms with van der Waals surface area (Å²) in [6.45, 7) is 0.507. The Balaban J connectivity index is 1.52. The fraction of sp³-hybridized carbons (Fsp3) is 0.211. The maximum atomic E-state index is 12.4. The first-order chi connectivity index (χ1) is 12.6. The number of ether oxygens (including phenoxy) is 1. The molecule has 0 radical (unpaired) electrons. The van der Waals surface area contributed by atoms with E-state index in [9.17, 15) is 4.79 Å². The Hall–Kier alpha value is -2.86. The van der Waals surface area contributed by atoms with Gasteiger partial charge in [-0.25, -0.2) is 0 Å². The monoisotopic (exact) mass is 369 g/mol. The van der Waals surface area contributed by atoms with Gasteiger partial charge in [-0.1, -0.05) is 16.8 Å².